The van der Waals surface area contributed by atoms with Gasteiger partial charge in [0.1, 0.15) is 12.1 Å². The molecule has 1 atom stereocenters. The molecule has 1 N–H and O–H groups in total. The highest BCUT2D eigenvalue weighted by Gasteiger charge is 2.42. The van der Waals surface area contributed by atoms with E-state index in [9.17, 15) is 9.90 Å². The van der Waals surface area contributed by atoms with Crippen LogP contribution in [0.2, 0.25) is 10.0 Å². The van der Waals surface area contributed by atoms with Gasteiger partial charge in [0.05, 0.1) is 10.0 Å². The van der Waals surface area contributed by atoms with Gasteiger partial charge in [-0.3, -0.25) is 9.69 Å². The Morgan fingerprint density at radius 3 is 2.70 bits per heavy atom. The van der Waals surface area contributed by atoms with Crippen molar-refractivity contribution in [2.45, 2.75) is 25.3 Å². The number of benzene rings is 1. The van der Waals surface area contributed by atoms with Crippen molar-refractivity contribution in [3.05, 3.63) is 28.2 Å². The highest BCUT2D eigenvalue weighted by molar-refractivity contribution is 6.37. The van der Waals surface area contributed by atoms with Gasteiger partial charge in [-0.15, -0.1) is 0 Å². The van der Waals surface area contributed by atoms with Gasteiger partial charge in [0.15, 0.2) is 5.75 Å². The normalized spacial score (nSPS) is 22.9. The van der Waals surface area contributed by atoms with Crippen LogP contribution in [0.4, 0.5) is 0 Å². The van der Waals surface area contributed by atoms with E-state index in [4.69, 9.17) is 27.9 Å². The first-order chi connectivity index (χ1) is 9.45. The van der Waals surface area contributed by atoms with Crippen molar-refractivity contribution in [2.24, 2.45) is 0 Å². The number of hydrogen-bond donors (Lipinski definition) is 1. The molecule has 0 bridgehead atoms. The summed E-state index contributed by atoms with van der Waals surface area (Å²) in [6.45, 7) is 3.41. The van der Waals surface area contributed by atoms with Crippen LogP contribution in [0.5, 0.6) is 5.75 Å². The molecule has 2 rings (SSSR count). The Kier molecular flexibility index (Phi) is 4.78. The van der Waals surface area contributed by atoms with E-state index in [-0.39, 0.29) is 0 Å². The van der Waals surface area contributed by atoms with Crippen LogP contribution in [0, 0.1) is 0 Å². The van der Waals surface area contributed by atoms with Gasteiger partial charge >= 0.3 is 5.97 Å². The lowest BCUT2D eigenvalue weighted by molar-refractivity contribution is -0.148. The zero-order valence-electron chi connectivity index (χ0n) is 11.2. The molecule has 0 amide bonds. The molecule has 1 aromatic carbocycles. The molecule has 1 aliphatic rings. The van der Waals surface area contributed by atoms with E-state index in [0.717, 1.165) is 13.0 Å². The molecule has 1 fully saturated rings. The Hall–Kier alpha value is -0.970. The lowest BCUT2D eigenvalue weighted by atomic mass is 9.99. The van der Waals surface area contributed by atoms with Crippen molar-refractivity contribution >= 4 is 29.2 Å². The topological polar surface area (TPSA) is 49.8 Å². The minimum atomic E-state index is -0.798. The minimum absolute atomic E-state index is 0.353. The molecule has 1 aromatic rings. The number of halogens is 2. The molecule has 0 aliphatic carbocycles. The van der Waals surface area contributed by atoms with Crippen LogP contribution in [0.1, 0.15) is 19.8 Å². The van der Waals surface area contributed by atoms with Crippen molar-refractivity contribution in [2.75, 3.05) is 19.7 Å². The van der Waals surface area contributed by atoms with E-state index in [2.05, 4.69) is 0 Å². The third-order valence-corrected chi connectivity index (χ3v) is 4.37. The second kappa shape index (κ2) is 6.20. The third kappa shape index (κ3) is 3.03. The van der Waals surface area contributed by atoms with Crippen LogP contribution in [-0.2, 0) is 4.79 Å². The Morgan fingerprint density at radius 1 is 1.45 bits per heavy atom. The average Bonchev–Trinajstić information content (AvgIpc) is 2.76. The summed E-state index contributed by atoms with van der Waals surface area (Å²) in [5, 5.41) is 10.2. The van der Waals surface area contributed by atoms with E-state index in [1.165, 1.54) is 0 Å². The molecule has 0 aromatic heterocycles. The van der Waals surface area contributed by atoms with Crippen LogP contribution in [0.15, 0.2) is 18.2 Å². The van der Waals surface area contributed by atoms with Crippen molar-refractivity contribution in [1.29, 1.82) is 0 Å². The molecule has 1 unspecified atom stereocenters. The zero-order chi connectivity index (χ0) is 14.8. The van der Waals surface area contributed by atoms with Gasteiger partial charge in [-0.05, 0) is 38.4 Å². The van der Waals surface area contributed by atoms with Crippen LogP contribution in [-0.4, -0.2) is 41.2 Å². The molecule has 6 heteroatoms. The highest BCUT2D eigenvalue weighted by atomic mass is 35.5. The van der Waals surface area contributed by atoms with Crippen LogP contribution < -0.4 is 4.74 Å². The molecule has 0 spiro atoms. The van der Waals surface area contributed by atoms with Gasteiger partial charge in [-0.2, -0.15) is 0 Å². The smallest absolute Gasteiger partial charge is 0.323 e. The minimum Gasteiger partial charge on any atom is -0.489 e. The van der Waals surface area contributed by atoms with Gasteiger partial charge < -0.3 is 9.84 Å². The molecular formula is C14H17Cl2NO3. The van der Waals surface area contributed by atoms with E-state index in [0.29, 0.717) is 35.4 Å². The first-order valence-corrected chi connectivity index (χ1v) is 7.26. The number of ether oxygens (including phenoxy) is 1. The lowest BCUT2D eigenvalue weighted by Gasteiger charge is -2.30. The molecule has 4 nitrogen and oxygen atoms in total. The molecule has 0 radical (unpaired) electrons. The number of carboxylic acids is 1. The SMILES string of the molecule is CC1(C(=O)O)CCCN1CCOc1c(Cl)cccc1Cl. The number of carbonyl (C=O) groups is 1. The first kappa shape index (κ1) is 15.4. The van der Waals surface area contributed by atoms with Crippen LogP contribution >= 0.6 is 23.2 Å². The van der Waals surface area contributed by atoms with E-state index < -0.39 is 11.5 Å². The van der Waals surface area contributed by atoms with Gasteiger partial charge in [-0.25, -0.2) is 0 Å². The first-order valence-electron chi connectivity index (χ1n) is 6.50. The standard InChI is InChI=1S/C14H17Cl2NO3/c1-14(13(18)19)6-3-7-17(14)8-9-20-12-10(15)4-2-5-11(12)16/h2,4-5H,3,6-9H2,1H3,(H,18,19). The van der Waals surface area contributed by atoms with Crippen LogP contribution in [0.25, 0.3) is 0 Å². The van der Waals surface area contributed by atoms with E-state index in [1.807, 2.05) is 4.90 Å². The van der Waals surface area contributed by atoms with Crippen molar-refractivity contribution in [3.63, 3.8) is 0 Å². The predicted octanol–water partition coefficient (Wildman–Crippen LogP) is 3.31. The van der Waals surface area contributed by atoms with Crippen LogP contribution in [0.3, 0.4) is 0 Å². The molecule has 1 aliphatic heterocycles. The number of carboxylic acid groups (broad SMARTS) is 1. The van der Waals surface area contributed by atoms with Gasteiger partial charge in [0.25, 0.3) is 0 Å². The lowest BCUT2D eigenvalue weighted by Crippen LogP contribution is -2.49. The fourth-order valence-corrected chi connectivity index (χ4v) is 3.00. The maximum Gasteiger partial charge on any atom is 0.323 e. The summed E-state index contributed by atoms with van der Waals surface area (Å²) in [7, 11) is 0. The second-order valence-electron chi connectivity index (χ2n) is 5.07. The van der Waals surface area contributed by atoms with Gasteiger partial charge in [0, 0.05) is 6.54 Å². The summed E-state index contributed by atoms with van der Waals surface area (Å²) in [4.78, 5) is 13.3. The van der Waals surface area contributed by atoms with Crippen molar-refractivity contribution in [1.82, 2.24) is 4.90 Å². The third-order valence-electron chi connectivity index (χ3n) is 3.78. The zero-order valence-corrected chi connectivity index (χ0v) is 12.7. The number of nitrogens with zero attached hydrogens (tertiary/aromatic N) is 1. The Morgan fingerprint density at radius 2 is 2.10 bits per heavy atom. The van der Waals surface area contributed by atoms with Gasteiger partial charge in [0.2, 0.25) is 0 Å². The van der Waals surface area contributed by atoms with E-state index in [1.54, 1.807) is 25.1 Å². The Labute approximate surface area is 128 Å². The summed E-state index contributed by atoms with van der Waals surface area (Å²) in [6.07, 6.45) is 1.55. The monoisotopic (exact) mass is 317 g/mol. The number of aliphatic carboxylic acids is 1. The molecule has 110 valence electrons. The largest absolute Gasteiger partial charge is 0.489 e. The fraction of sp³-hybridized carbons (Fsp3) is 0.500. The Balaban J connectivity index is 1.95. The quantitative estimate of drug-likeness (QED) is 0.905. The molecule has 0 saturated carbocycles. The molecule has 20 heavy (non-hydrogen) atoms. The number of rotatable bonds is 5. The number of likely N-dealkylation sites (tertiary alicyclic amines) is 1. The second-order valence-corrected chi connectivity index (χ2v) is 5.88. The van der Waals surface area contributed by atoms with Crippen molar-refractivity contribution < 1.29 is 14.6 Å². The Bertz CT molecular complexity index is 489. The summed E-state index contributed by atoms with van der Waals surface area (Å²) in [5.41, 5.74) is -0.798. The predicted molar refractivity (Wildman–Crippen MR) is 78.8 cm³/mol. The maximum absolute atomic E-state index is 11.4. The summed E-state index contributed by atoms with van der Waals surface area (Å²) in [6, 6.07) is 5.17. The highest BCUT2D eigenvalue weighted by Crippen LogP contribution is 2.33. The van der Waals surface area contributed by atoms with E-state index >= 15 is 0 Å². The molecular weight excluding hydrogens is 301 g/mol. The maximum atomic E-state index is 11.4. The number of para-hydroxylation sites is 1. The van der Waals surface area contributed by atoms with Gasteiger partial charge in [-0.1, -0.05) is 29.3 Å². The number of hydrogen-bond acceptors (Lipinski definition) is 3. The average molecular weight is 318 g/mol. The van der Waals surface area contributed by atoms with Crippen molar-refractivity contribution in [3.8, 4) is 5.75 Å². The summed E-state index contributed by atoms with van der Waals surface area (Å²) in [5.74, 6) is -0.335. The molecule has 1 heterocycles. The fourth-order valence-electron chi connectivity index (χ4n) is 2.50. The summed E-state index contributed by atoms with van der Waals surface area (Å²) >= 11 is 12.0. The summed E-state index contributed by atoms with van der Waals surface area (Å²) < 4.78 is 5.60. The molecule has 1 saturated heterocycles.